The molecule has 0 bridgehead atoms. The van der Waals surface area contributed by atoms with Gasteiger partial charge in [0.25, 0.3) is 5.91 Å². The SMILES string of the molecule is COc1cccc(C(=O)NC2CCCCC2CCl)c1. The third kappa shape index (κ3) is 3.63. The van der Waals surface area contributed by atoms with Gasteiger partial charge in [-0.25, -0.2) is 0 Å². The van der Waals surface area contributed by atoms with E-state index >= 15 is 0 Å². The zero-order chi connectivity index (χ0) is 13.7. The molecule has 3 nitrogen and oxygen atoms in total. The van der Waals surface area contributed by atoms with Crippen molar-refractivity contribution in [3.8, 4) is 5.75 Å². The number of ether oxygens (including phenoxy) is 1. The number of carbonyl (C=O) groups is 1. The molecule has 2 unspecified atom stereocenters. The number of halogens is 1. The van der Waals surface area contributed by atoms with Gasteiger partial charge in [0.1, 0.15) is 5.75 Å². The van der Waals surface area contributed by atoms with Crippen LogP contribution in [0.2, 0.25) is 0 Å². The number of benzene rings is 1. The summed E-state index contributed by atoms with van der Waals surface area (Å²) in [4.78, 5) is 12.2. The Hall–Kier alpha value is -1.22. The molecule has 4 heteroatoms. The number of rotatable bonds is 4. The lowest BCUT2D eigenvalue weighted by Crippen LogP contribution is -2.42. The van der Waals surface area contributed by atoms with Crippen LogP contribution in [0.3, 0.4) is 0 Å². The molecule has 0 heterocycles. The number of amides is 1. The maximum Gasteiger partial charge on any atom is 0.251 e. The van der Waals surface area contributed by atoms with Crippen LogP contribution in [0.15, 0.2) is 24.3 Å². The Balaban J connectivity index is 2.02. The standard InChI is InChI=1S/C15H20ClNO2/c1-19-13-7-4-6-11(9-13)15(18)17-14-8-3-2-5-12(14)10-16/h4,6-7,9,12,14H,2-3,5,8,10H2,1H3,(H,17,18). The third-order valence-corrected chi connectivity index (χ3v) is 4.15. The van der Waals surface area contributed by atoms with Gasteiger partial charge in [-0.2, -0.15) is 0 Å². The van der Waals surface area contributed by atoms with E-state index in [0.717, 1.165) is 19.3 Å². The summed E-state index contributed by atoms with van der Waals surface area (Å²) in [5, 5.41) is 3.11. The zero-order valence-electron chi connectivity index (χ0n) is 11.2. The molecule has 1 aliphatic rings. The number of alkyl halides is 1. The summed E-state index contributed by atoms with van der Waals surface area (Å²) >= 11 is 5.98. The van der Waals surface area contributed by atoms with E-state index in [1.165, 1.54) is 6.42 Å². The number of hydrogen-bond donors (Lipinski definition) is 1. The van der Waals surface area contributed by atoms with Crippen molar-refractivity contribution in [2.24, 2.45) is 5.92 Å². The molecule has 0 aromatic heterocycles. The normalized spacial score (nSPS) is 22.8. The highest BCUT2D eigenvalue weighted by molar-refractivity contribution is 6.18. The van der Waals surface area contributed by atoms with E-state index in [0.29, 0.717) is 23.1 Å². The molecule has 1 amide bonds. The first kappa shape index (κ1) is 14.2. The molecule has 0 radical (unpaired) electrons. The van der Waals surface area contributed by atoms with Crippen molar-refractivity contribution in [2.75, 3.05) is 13.0 Å². The van der Waals surface area contributed by atoms with E-state index < -0.39 is 0 Å². The van der Waals surface area contributed by atoms with E-state index in [9.17, 15) is 4.79 Å². The quantitative estimate of drug-likeness (QED) is 0.861. The molecular formula is C15H20ClNO2. The molecule has 1 aromatic carbocycles. The fourth-order valence-corrected chi connectivity index (χ4v) is 2.97. The average Bonchev–Trinajstić information content (AvgIpc) is 2.47. The molecule has 0 spiro atoms. The molecule has 2 rings (SSSR count). The van der Waals surface area contributed by atoms with Crippen molar-refractivity contribution in [1.82, 2.24) is 5.32 Å². The summed E-state index contributed by atoms with van der Waals surface area (Å²) in [5.74, 6) is 1.67. The smallest absolute Gasteiger partial charge is 0.251 e. The van der Waals surface area contributed by atoms with Gasteiger partial charge in [0, 0.05) is 17.5 Å². The van der Waals surface area contributed by atoms with Crippen LogP contribution in [0.4, 0.5) is 0 Å². The van der Waals surface area contributed by atoms with Crippen molar-refractivity contribution in [3.05, 3.63) is 29.8 Å². The van der Waals surface area contributed by atoms with Crippen molar-refractivity contribution >= 4 is 17.5 Å². The molecular weight excluding hydrogens is 262 g/mol. The van der Waals surface area contributed by atoms with E-state index in [2.05, 4.69) is 5.32 Å². The van der Waals surface area contributed by atoms with Gasteiger partial charge in [-0.05, 0) is 37.0 Å². The van der Waals surface area contributed by atoms with E-state index in [1.54, 1.807) is 19.2 Å². The molecule has 1 N–H and O–H groups in total. The number of nitrogens with one attached hydrogen (secondary N) is 1. The molecule has 1 aromatic rings. The second-order valence-corrected chi connectivity index (χ2v) is 5.32. The second kappa shape index (κ2) is 6.80. The Labute approximate surface area is 119 Å². The van der Waals surface area contributed by atoms with Crippen LogP contribution in [-0.4, -0.2) is 24.9 Å². The summed E-state index contributed by atoms with van der Waals surface area (Å²) in [7, 11) is 1.60. The Kier molecular flexibility index (Phi) is 5.08. The molecule has 2 atom stereocenters. The van der Waals surface area contributed by atoms with Crippen LogP contribution in [0, 0.1) is 5.92 Å². The first-order valence-corrected chi connectivity index (χ1v) is 7.29. The maximum absolute atomic E-state index is 12.2. The predicted octanol–water partition coefficient (Wildman–Crippen LogP) is 3.22. The van der Waals surface area contributed by atoms with Gasteiger partial charge in [-0.3, -0.25) is 4.79 Å². The summed E-state index contributed by atoms with van der Waals surface area (Å²) in [6, 6.07) is 7.42. The minimum absolute atomic E-state index is 0.0408. The van der Waals surface area contributed by atoms with Gasteiger partial charge in [0.05, 0.1) is 7.11 Å². The highest BCUT2D eigenvalue weighted by atomic mass is 35.5. The summed E-state index contributed by atoms with van der Waals surface area (Å²) in [5.41, 5.74) is 0.637. The minimum atomic E-state index is -0.0408. The van der Waals surface area contributed by atoms with Gasteiger partial charge in [0.2, 0.25) is 0 Å². The average molecular weight is 282 g/mol. The van der Waals surface area contributed by atoms with Crippen molar-refractivity contribution in [1.29, 1.82) is 0 Å². The number of methoxy groups -OCH3 is 1. The van der Waals surface area contributed by atoms with Crippen molar-refractivity contribution in [2.45, 2.75) is 31.7 Å². The Morgan fingerprint density at radius 3 is 2.95 bits per heavy atom. The zero-order valence-corrected chi connectivity index (χ0v) is 12.0. The largest absolute Gasteiger partial charge is 0.497 e. The van der Waals surface area contributed by atoms with Crippen LogP contribution in [0.5, 0.6) is 5.75 Å². The van der Waals surface area contributed by atoms with Crippen LogP contribution >= 0.6 is 11.6 Å². The predicted molar refractivity (Wildman–Crippen MR) is 76.9 cm³/mol. The van der Waals surface area contributed by atoms with Crippen molar-refractivity contribution < 1.29 is 9.53 Å². The lowest BCUT2D eigenvalue weighted by Gasteiger charge is -2.30. The maximum atomic E-state index is 12.2. The first-order chi connectivity index (χ1) is 9.24. The van der Waals surface area contributed by atoms with Crippen LogP contribution in [-0.2, 0) is 0 Å². The second-order valence-electron chi connectivity index (χ2n) is 5.01. The van der Waals surface area contributed by atoms with E-state index in [-0.39, 0.29) is 11.9 Å². The molecule has 19 heavy (non-hydrogen) atoms. The molecule has 1 fully saturated rings. The van der Waals surface area contributed by atoms with Gasteiger partial charge < -0.3 is 10.1 Å². The van der Waals surface area contributed by atoms with Crippen molar-refractivity contribution in [3.63, 3.8) is 0 Å². The lowest BCUT2D eigenvalue weighted by molar-refractivity contribution is 0.0911. The summed E-state index contributed by atoms with van der Waals surface area (Å²) in [6.07, 6.45) is 4.50. The summed E-state index contributed by atoms with van der Waals surface area (Å²) in [6.45, 7) is 0. The minimum Gasteiger partial charge on any atom is -0.497 e. The van der Waals surface area contributed by atoms with E-state index in [1.807, 2.05) is 12.1 Å². The summed E-state index contributed by atoms with van der Waals surface area (Å²) < 4.78 is 5.14. The van der Waals surface area contributed by atoms with E-state index in [4.69, 9.17) is 16.3 Å². The lowest BCUT2D eigenvalue weighted by atomic mass is 9.85. The highest BCUT2D eigenvalue weighted by Gasteiger charge is 2.26. The van der Waals surface area contributed by atoms with Gasteiger partial charge in [0.15, 0.2) is 0 Å². The highest BCUT2D eigenvalue weighted by Crippen LogP contribution is 2.25. The Morgan fingerprint density at radius 1 is 1.42 bits per heavy atom. The molecule has 0 aliphatic heterocycles. The van der Waals surface area contributed by atoms with Crippen LogP contribution in [0.1, 0.15) is 36.0 Å². The molecule has 1 aliphatic carbocycles. The third-order valence-electron chi connectivity index (χ3n) is 3.76. The molecule has 0 saturated heterocycles. The number of hydrogen-bond acceptors (Lipinski definition) is 2. The topological polar surface area (TPSA) is 38.3 Å². The molecule has 1 saturated carbocycles. The Bertz CT molecular complexity index is 436. The fraction of sp³-hybridized carbons (Fsp3) is 0.533. The fourth-order valence-electron chi connectivity index (χ4n) is 2.60. The number of carbonyl (C=O) groups excluding carboxylic acids is 1. The monoisotopic (exact) mass is 281 g/mol. The first-order valence-electron chi connectivity index (χ1n) is 6.75. The van der Waals surface area contributed by atoms with Crippen LogP contribution in [0.25, 0.3) is 0 Å². The molecule has 104 valence electrons. The van der Waals surface area contributed by atoms with Gasteiger partial charge in [-0.1, -0.05) is 18.9 Å². The van der Waals surface area contributed by atoms with Gasteiger partial charge in [-0.15, -0.1) is 11.6 Å². The Morgan fingerprint density at radius 2 is 2.21 bits per heavy atom. The van der Waals surface area contributed by atoms with Gasteiger partial charge >= 0.3 is 0 Å². The van der Waals surface area contributed by atoms with Crippen LogP contribution < -0.4 is 10.1 Å².